The average Bonchev–Trinajstić information content (AvgIpc) is 2.30. The van der Waals surface area contributed by atoms with Gasteiger partial charge in [0.05, 0.1) is 6.61 Å². The van der Waals surface area contributed by atoms with Crippen LogP contribution in [0.2, 0.25) is 0 Å². The molecule has 0 aliphatic rings. The molecule has 0 saturated carbocycles. The van der Waals surface area contributed by atoms with Gasteiger partial charge in [-0.1, -0.05) is 25.1 Å². The molecule has 88 valence electrons. The van der Waals surface area contributed by atoms with Gasteiger partial charge >= 0.3 is 5.97 Å². The van der Waals surface area contributed by atoms with Crippen LogP contribution in [-0.4, -0.2) is 27.8 Å². The molecule has 1 rings (SSSR count). The van der Waals surface area contributed by atoms with E-state index in [4.69, 9.17) is 4.74 Å². The van der Waals surface area contributed by atoms with Gasteiger partial charge in [-0.2, -0.15) is 0 Å². The minimum absolute atomic E-state index is 0.159. The Morgan fingerprint density at radius 1 is 1.56 bits per heavy atom. The first kappa shape index (κ1) is 13.0. The fraction of sp³-hybridized carbons (Fsp3) is 0.545. The fourth-order valence-corrected chi connectivity index (χ4v) is 2.27. The van der Waals surface area contributed by atoms with Crippen molar-refractivity contribution in [2.75, 3.05) is 6.61 Å². The molecule has 0 bridgehead atoms. The third-order valence-corrected chi connectivity index (χ3v) is 3.11. The number of ether oxygens (including phenoxy) is 1. The van der Waals surface area contributed by atoms with Crippen molar-refractivity contribution < 1.29 is 9.53 Å². The molecule has 0 spiro atoms. The highest BCUT2D eigenvalue weighted by atomic mass is 32.2. The molecule has 0 amide bonds. The molecule has 1 atom stereocenters. The minimum Gasteiger partial charge on any atom is -0.465 e. The van der Waals surface area contributed by atoms with Crippen LogP contribution in [0.4, 0.5) is 0 Å². The Kier molecular flexibility index (Phi) is 5.85. The van der Waals surface area contributed by atoms with Crippen molar-refractivity contribution in [3.63, 3.8) is 0 Å². The van der Waals surface area contributed by atoms with E-state index in [0.717, 1.165) is 17.9 Å². The fourth-order valence-electron chi connectivity index (χ4n) is 1.22. The normalized spacial score (nSPS) is 12.1. The molecule has 4 nitrogen and oxygen atoms in total. The summed E-state index contributed by atoms with van der Waals surface area (Å²) in [6.45, 7) is 4.28. The van der Waals surface area contributed by atoms with Gasteiger partial charge in [0, 0.05) is 6.20 Å². The van der Waals surface area contributed by atoms with Gasteiger partial charge in [0.25, 0.3) is 0 Å². The molecule has 0 saturated heterocycles. The van der Waals surface area contributed by atoms with Crippen molar-refractivity contribution in [3.8, 4) is 0 Å². The molecule has 0 aliphatic carbocycles. The zero-order chi connectivity index (χ0) is 11.8. The lowest BCUT2D eigenvalue weighted by molar-refractivity contribution is -0.142. The van der Waals surface area contributed by atoms with Gasteiger partial charge < -0.3 is 4.74 Å². The summed E-state index contributed by atoms with van der Waals surface area (Å²) >= 11 is 1.44. The summed E-state index contributed by atoms with van der Waals surface area (Å²) in [5.74, 6) is -0.159. The van der Waals surface area contributed by atoms with Crippen LogP contribution >= 0.6 is 11.8 Å². The maximum atomic E-state index is 11.7. The number of esters is 1. The van der Waals surface area contributed by atoms with Crippen LogP contribution in [0.25, 0.3) is 0 Å². The van der Waals surface area contributed by atoms with E-state index in [-0.39, 0.29) is 11.2 Å². The average molecular weight is 240 g/mol. The van der Waals surface area contributed by atoms with Crippen LogP contribution in [0.3, 0.4) is 0 Å². The van der Waals surface area contributed by atoms with Crippen molar-refractivity contribution >= 4 is 17.7 Å². The van der Waals surface area contributed by atoms with Crippen LogP contribution in [0, 0.1) is 0 Å². The van der Waals surface area contributed by atoms with Crippen molar-refractivity contribution in [2.45, 2.75) is 37.0 Å². The van der Waals surface area contributed by atoms with E-state index in [1.807, 2.05) is 13.8 Å². The highest BCUT2D eigenvalue weighted by Crippen LogP contribution is 2.24. The molecule has 0 aromatic carbocycles. The second-order valence-corrected chi connectivity index (χ2v) is 4.42. The van der Waals surface area contributed by atoms with E-state index in [0.29, 0.717) is 6.61 Å². The van der Waals surface area contributed by atoms with Gasteiger partial charge in [-0.15, -0.1) is 0 Å². The lowest BCUT2D eigenvalue weighted by Crippen LogP contribution is -2.20. The lowest BCUT2D eigenvalue weighted by atomic mass is 10.2. The SMILES string of the molecule is CCCC(Sc1ccncn1)C(=O)OCC. The summed E-state index contributed by atoms with van der Waals surface area (Å²) in [5, 5.41) is 0.640. The second-order valence-electron chi connectivity index (χ2n) is 3.19. The number of aromatic nitrogens is 2. The van der Waals surface area contributed by atoms with Crippen LogP contribution in [0.15, 0.2) is 23.6 Å². The second kappa shape index (κ2) is 7.22. The highest BCUT2D eigenvalue weighted by molar-refractivity contribution is 8.00. The zero-order valence-corrected chi connectivity index (χ0v) is 10.4. The number of carbonyl (C=O) groups excluding carboxylic acids is 1. The minimum atomic E-state index is -0.167. The van der Waals surface area contributed by atoms with Gasteiger partial charge in [-0.05, 0) is 19.4 Å². The summed E-state index contributed by atoms with van der Waals surface area (Å²) in [7, 11) is 0. The Hall–Kier alpha value is -1.10. The van der Waals surface area contributed by atoms with Crippen LogP contribution in [0.1, 0.15) is 26.7 Å². The Bertz CT molecular complexity index is 319. The molecule has 16 heavy (non-hydrogen) atoms. The molecule has 0 N–H and O–H groups in total. The number of hydrogen-bond donors (Lipinski definition) is 0. The number of hydrogen-bond acceptors (Lipinski definition) is 5. The maximum absolute atomic E-state index is 11.7. The van der Waals surface area contributed by atoms with E-state index in [2.05, 4.69) is 9.97 Å². The summed E-state index contributed by atoms with van der Waals surface area (Å²) in [6, 6.07) is 1.80. The Morgan fingerprint density at radius 2 is 2.38 bits per heavy atom. The summed E-state index contributed by atoms with van der Waals surface area (Å²) in [6.07, 6.45) is 4.90. The summed E-state index contributed by atoms with van der Waals surface area (Å²) in [5.41, 5.74) is 0. The molecule has 1 aromatic heterocycles. The quantitative estimate of drug-likeness (QED) is 0.434. The maximum Gasteiger partial charge on any atom is 0.319 e. The number of carbonyl (C=O) groups is 1. The molecule has 5 heteroatoms. The van der Waals surface area contributed by atoms with Gasteiger partial charge in [0.2, 0.25) is 0 Å². The van der Waals surface area contributed by atoms with Gasteiger partial charge in [0.15, 0.2) is 0 Å². The Balaban J connectivity index is 2.60. The highest BCUT2D eigenvalue weighted by Gasteiger charge is 2.20. The van der Waals surface area contributed by atoms with Crippen molar-refractivity contribution in [3.05, 3.63) is 18.6 Å². The van der Waals surface area contributed by atoms with Crippen LogP contribution < -0.4 is 0 Å². The van der Waals surface area contributed by atoms with E-state index in [9.17, 15) is 4.79 Å². The molecular weight excluding hydrogens is 224 g/mol. The molecular formula is C11H16N2O2S. The largest absolute Gasteiger partial charge is 0.465 e. The van der Waals surface area contributed by atoms with Gasteiger partial charge in [0.1, 0.15) is 16.6 Å². The predicted octanol–water partition coefficient (Wildman–Crippen LogP) is 2.30. The van der Waals surface area contributed by atoms with Gasteiger partial charge in [-0.25, -0.2) is 9.97 Å². The molecule has 1 aromatic rings. The number of thioether (sulfide) groups is 1. The van der Waals surface area contributed by atoms with Crippen molar-refractivity contribution in [2.24, 2.45) is 0 Å². The molecule has 0 fully saturated rings. The standard InChI is InChI=1S/C11H16N2O2S/c1-3-5-9(11(14)15-4-2)16-10-6-7-12-8-13-10/h6-9H,3-5H2,1-2H3. The predicted molar refractivity (Wildman–Crippen MR) is 63.2 cm³/mol. The van der Waals surface area contributed by atoms with E-state index in [1.165, 1.54) is 18.1 Å². The number of rotatable bonds is 6. The van der Waals surface area contributed by atoms with Crippen LogP contribution in [0.5, 0.6) is 0 Å². The Labute approximate surface area is 99.8 Å². The van der Waals surface area contributed by atoms with E-state index in [1.54, 1.807) is 12.3 Å². The van der Waals surface area contributed by atoms with E-state index >= 15 is 0 Å². The van der Waals surface area contributed by atoms with Crippen molar-refractivity contribution in [1.82, 2.24) is 9.97 Å². The molecule has 0 radical (unpaired) electrons. The molecule has 0 aliphatic heterocycles. The lowest BCUT2D eigenvalue weighted by Gasteiger charge is -2.13. The third kappa shape index (κ3) is 4.18. The molecule has 1 unspecified atom stereocenters. The summed E-state index contributed by atoms with van der Waals surface area (Å²) in [4.78, 5) is 19.6. The van der Waals surface area contributed by atoms with Crippen LogP contribution in [-0.2, 0) is 9.53 Å². The summed E-state index contributed by atoms with van der Waals surface area (Å²) < 4.78 is 5.03. The molecule has 1 heterocycles. The monoisotopic (exact) mass is 240 g/mol. The smallest absolute Gasteiger partial charge is 0.319 e. The third-order valence-electron chi connectivity index (χ3n) is 1.92. The first-order valence-electron chi connectivity index (χ1n) is 5.37. The number of nitrogens with zero attached hydrogens (tertiary/aromatic N) is 2. The van der Waals surface area contributed by atoms with E-state index < -0.39 is 0 Å². The topological polar surface area (TPSA) is 52.1 Å². The Morgan fingerprint density at radius 3 is 2.94 bits per heavy atom. The van der Waals surface area contributed by atoms with Crippen molar-refractivity contribution in [1.29, 1.82) is 0 Å². The zero-order valence-electron chi connectivity index (χ0n) is 9.55. The first-order valence-corrected chi connectivity index (χ1v) is 6.25. The first-order chi connectivity index (χ1) is 7.77. The van der Waals surface area contributed by atoms with Gasteiger partial charge in [-0.3, -0.25) is 4.79 Å².